The van der Waals surface area contributed by atoms with Crippen LogP contribution in [0, 0.1) is 13.8 Å². The third-order valence-corrected chi connectivity index (χ3v) is 3.06. The molecule has 0 aliphatic heterocycles. The van der Waals surface area contributed by atoms with Gasteiger partial charge in [-0.25, -0.2) is 9.97 Å². The summed E-state index contributed by atoms with van der Waals surface area (Å²) < 4.78 is 1.94. The number of aromatic nitrogens is 3. The first kappa shape index (κ1) is 10.8. The predicted molar refractivity (Wildman–Crippen MR) is 69.6 cm³/mol. The maximum absolute atomic E-state index is 9.55. The quantitative estimate of drug-likeness (QED) is 0.710. The number of nitrogens with zero attached hydrogens (tertiary/aromatic N) is 3. The van der Waals surface area contributed by atoms with Crippen LogP contribution in [0.25, 0.3) is 16.9 Å². The first-order chi connectivity index (χ1) is 8.65. The van der Waals surface area contributed by atoms with Gasteiger partial charge in [0, 0.05) is 24.0 Å². The molecule has 90 valence electrons. The number of hydrogen-bond acceptors (Lipinski definition) is 3. The number of fused-ring (bicyclic) bond motifs is 1. The molecule has 0 fully saturated rings. The standard InChI is InChI=1S/C14H13N3O/c1-9-7-11(3-4-13(9)18)12-8-14-15-5-6-17(14)10(2)16-12/h3-8,18H,1-2H3. The van der Waals surface area contributed by atoms with E-state index in [-0.39, 0.29) is 0 Å². The Hall–Kier alpha value is -2.36. The van der Waals surface area contributed by atoms with Crippen LogP contribution in [0.5, 0.6) is 5.75 Å². The van der Waals surface area contributed by atoms with Gasteiger partial charge >= 0.3 is 0 Å². The van der Waals surface area contributed by atoms with Gasteiger partial charge in [0.1, 0.15) is 17.2 Å². The maximum Gasteiger partial charge on any atom is 0.140 e. The number of benzene rings is 1. The molecule has 3 aromatic rings. The minimum absolute atomic E-state index is 0.303. The van der Waals surface area contributed by atoms with Crippen LogP contribution in [0.2, 0.25) is 0 Å². The lowest BCUT2D eigenvalue weighted by Gasteiger charge is -2.06. The average Bonchev–Trinajstić information content (AvgIpc) is 2.81. The van der Waals surface area contributed by atoms with Crippen molar-refractivity contribution in [3.05, 3.63) is 48.0 Å². The van der Waals surface area contributed by atoms with Gasteiger partial charge in [-0.15, -0.1) is 0 Å². The summed E-state index contributed by atoms with van der Waals surface area (Å²) in [7, 11) is 0. The highest BCUT2D eigenvalue weighted by atomic mass is 16.3. The van der Waals surface area contributed by atoms with Crippen molar-refractivity contribution < 1.29 is 5.11 Å². The van der Waals surface area contributed by atoms with Crippen LogP contribution >= 0.6 is 0 Å². The van der Waals surface area contributed by atoms with E-state index in [2.05, 4.69) is 9.97 Å². The smallest absolute Gasteiger partial charge is 0.140 e. The topological polar surface area (TPSA) is 50.4 Å². The highest BCUT2D eigenvalue weighted by Crippen LogP contribution is 2.25. The molecule has 1 N–H and O–H groups in total. The summed E-state index contributed by atoms with van der Waals surface area (Å²) in [5.41, 5.74) is 3.58. The SMILES string of the molecule is Cc1cc(-c2cc3nccn3c(C)n2)ccc1O. The van der Waals surface area contributed by atoms with E-state index in [1.54, 1.807) is 12.3 Å². The van der Waals surface area contributed by atoms with Crippen LogP contribution < -0.4 is 0 Å². The molecule has 0 aliphatic carbocycles. The summed E-state index contributed by atoms with van der Waals surface area (Å²) in [6.45, 7) is 3.82. The van der Waals surface area contributed by atoms with Gasteiger partial charge in [0.2, 0.25) is 0 Å². The Morgan fingerprint density at radius 2 is 2.00 bits per heavy atom. The van der Waals surface area contributed by atoms with Gasteiger partial charge in [0.05, 0.1) is 5.69 Å². The van der Waals surface area contributed by atoms with Crippen LogP contribution in [-0.2, 0) is 0 Å². The van der Waals surface area contributed by atoms with Gasteiger partial charge in [0.25, 0.3) is 0 Å². The minimum atomic E-state index is 0.303. The second-order valence-corrected chi connectivity index (χ2v) is 4.35. The van der Waals surface area contributed by atoms with Crippen molar-refractivity contribution in [2.75, 3.05) is 0 Å². The fourth-order valence-corrected chi connectivity index (χ4v) is 2.04. The Morgan fingerprint density at radius 1 is 1.17 bits per heavy atom. The first-order valence-electron chi connectivity index (χ1n) is 5.76. The summed E-state index contributed by atoms with van der Waals surface area (Å²) in [6.07, 6.45) is 3.65. The Balaban J connectivity index is 2.21. The molecule has 0 bridgehead atoms. The number of imidazole rings is 1. The van der Waals surface area contributed by atoms with E-state index < -0.39 is 0 Å². The van der Waals surface area contributed by atoms with Crippen molar-refractivity contribution in [1.29, 1.82) is 0 Å². The number of rotatable bonds is 1. The first-order valence-corrected chi connectivity index (χ1v) is 5.76. The van der Waals surface area contributed by atoms with Gasteiger partial charge < -0.3 is 5.11 Å². The van der Waals surface area contributed by atoms with E-state index >= 15 is 0 Å². The molecule has 0 aliphatic rings. The number of aromatic hydroxyl groups is 1. The molecular weight excluding hydrogens is 226 g/mol. The average molecular weight is 239 g/mol. The Bertz CT molecular complexity index is 731. The van der Waals surface area contributed by atoms with Gasteiger partial charge in [-0.2, -0.15) is 0 Å². The number of phenolic OH excluding ortho intramolecular Hbond substituents is 1. The van der Waals surface area contributed by atoms with Crippen molar-refractivity contribution in [1.82, 2.24) is 14.4 Å². The van der Waals surface area contributed by atoms with Crippen LogP contribution in [0.3, 0.4) is 0 Å². The van der Waals surface area contributed by atoms with Gasteiger partial charge in [-0.3, -0.25) is 4.40 Å². The zero-order valence-electron chi connectivity index (χ0n) is 10.3. The summed E-state index contributed by atoms with van der Waals surface area (Å²) in [5.74, 6) is 1.20. The molecule has 2 heterocycles. The fraction of sp³-hybridized carbons (Fsp3) is 0.143. The Labute approximate surface area is 105 Å². The molecule has 2 aromatic heterocycles. The van der Waals surface area contributed by atoms with Crippen LogP contribution in [-0.4, -0.2) is 19.5 Å². The maximum atomic E-state index is 9.55. The van der Waals surface area contributed by atoms with Crippen molar-refractivity contribution in [3.8, 4) is 17.0 Å². The molecule has 0 amide bonds. The molecule has 0 saturated carbocycles. The summed E-state index contributed by atoms with van der Waals surface area (Å²) >= 11 is 0. The molecule has 4 nitrogen and oxygen atoms in total. The fourth-order valence-electron chi connectivity index (χ4n) is 2.04. The van der Waals surface area contributed by atoms with E-state index in [9.17, 15) is 5.11 Å². The second-order valence-electron chi connectivity index (χ2n) is 4.35. The Kier molecular flexibility index (Phi) is 2.30. The molecule has 0 saturated heterocycles. The molecule has 0 unspecified atom stereocenters. The van der Waals surface area contributed by atoms with Crippen LogP contribution in [0.15, 0.2) is 36.7 Å². The number of hydrogen-bond donors (Lipinski definition) is 1. The number of aryl methyl sites for hydroxylation is 2. The monoisotopic (exact) mass is 239 g/mol. The lowest BCUT2D eigenvalue weighted by molar-refractivity contribution is 0.471. The van der Waals surface area contributed by atoms with E-state index in [0.29, 0.717) is 5.75 Å². The highest BCUT2D eigenvalue weighted by molar-refractivity contribution is 5.65. The largest absolute Gasteiger partial charge is 0.508 e. The zero-order chi connectivity index (χ0) is 12.7. The van der Waals surface area contributed by atoms with Gasteiger partial charge in [-0.1, -0.05) is 0 Å². The summed E-state index contributed by atoms with van der Waals surface area (Å²) in [6, 6.07) is 7.43. The number of phenols is 1. The van der Waals surface area contributed by atoms with Crippen molar-refractivity contribution in [2.45, 2.75) is 13.8 Å². The second kappa shape index (κ2) is 3.84. The van der Waals surface area contributed by atoms with Gasteiger partial charge in [-0.05, 0) is 37.6 Å². The lowest BCUT2D eigenvalue weighted by Crippen LogP contribution is -1.96. The normalized spacial score (nSPS) is 11.0. The third kappa shape index (κ3) is 1.62. The highest BCUT2D eigenvalue weighted by Gasteiger charge is 2.06. The van der Waals surface area contributed by atoms with Crippen LogP contribution in [0.1, 0.15) is 11.4 Å². The molecular formula is C14H13N3O. The molecule has 1 aromatic carbocycles. The zero-order valence-corrected chi connectivity index (χ0v) is 10.3. The van der Waals surface area contributed by atoms with Gasteiger partial charge in [0.15, 0.2) is 0 Å². The Morgan fingerprint density at radius 3 is 2.78 bits per heavy atom. The van der Waals surface area contributed by atoms with E-state index in [4.69, 9.17) is 0 Å². The van der Waals surface area contributed by atoms with Crippen LogP contribution in [0.4, 0.5) is 0 Å². The third-order valence-electron chi connectivity index (χ3n) is 3.06. The van der Waals surface area contributed by atoms with E-state index in [1.807, 2.05) is 42.6 Å². The minimum Gasteiger partial charge on any atom is -0.508 e. The lowest BCUT2D eigenvalue weighted by atomic mass is 10.1. The summed E-state index contributed by atoms with van der Waals surface area (Å²) in [5, 5.41) is 9.55. The molecule has 0 radical (unpaired) electrons. The van der Waals surface area contributed by atoms with E-state index in [0.717, 1.165) is 28.3 Å². The molecule has 18 heavy (non-hydrogen) atoms. The van der Waals surface area contributed by atoms with Crippen molar-refractivity contribution >= 4 is 5.65 Å². The molecule has 4 heteroatoms. The predicted octanol–water partition coefficient (Wildman–Crippen LogP) is 2.72. The van der Waals surface area contributed by atoms with Crippen molar-refractivity contribution in [3.63, 3.8) is 0 Å². The van der Waals surface area contributed by atoms with Crippen molar-refractivity contribution in [2.24, 2.45) is 0 Å². The molecule has 3 rings (SSSR count). The molecule has 0 atom stereocenters. The molecule has 0 spiro atoms. The van der Waals surface area contributed by atoms with E-state index in [1.165, 1.54) is 0 Å². The summed E-state index contributed by atoms with van der Waals surface area (Å²) in [4.78, 5) is 8.84.